The highest BCUT2D eigenvalue weighted by atomic mass is 16.3. The monoisotopic (exact) mass is 351 g/mol. The van der Waals surface area contributed by atoms with Gasteiger partial charge < -0.3 is 10.2 Å². The molecule has 0 amide bonds. The Balaban J connectivity index is 1.77. The van der Waals surface area contributed by atoms with Crippen molar-refractivity contribution in [2.45, 2.75) is 6.42 Å². The number of hydrogen-bond acceptors (Lipinski definition) is 3. The summed E-state index contributed by atoms with van der Waals surface area (Å²) in [5, 5.41) is 19.5. The van der Waals surface area contributed by atoms with Gasteiger partial charge >= 0.3 is 0 Å². The zero-order valence-corrected chi connectivity index (χ0v) is 14.6. The number of pyridine rings is 1. The average Bonchev–Trinajstić information content (AvgIpc) is 3.06. The summed E-state index contributed by atoms with van der Waals surface area (Å²) >= 11 is 0. The van der Waals surface area contributed by atoms with E-state index in [-0.39, 0.29) is 11.5 Å². The Labute approximate surface area is 157 Å². The van der Waals surface area contributed by atoms with E-state index in [1.54, 1.807) is 18.2 Å². The van der Waals surface area contributed by atoms with E-state index >= 15 is 0 Å². The molecule has 130 valence electrons. The first-order chi connectivity index (χ1) is 13.2. The summed E-state index contributed by atoms with van der Waals surface area (Å²) in [7, 11) is 0. The molecule has 0 atom stereocenters. The lowest BCUT2D eigenvalue weighted by molar-refractivity contribution is 0.474. The molecule has 27 heavy (non-hydrogen) atoms. The van der Waals surface area contributed by atoms with E-state index in [0.717, 1.165) is 45.6 Å². The standard InChI is InChI=1S/C24H17NO2/c26-18-8-6-16(7-9-18)23-14-21(15-4-2-1-3-5-15)22-13-17-12-19(27)10-11-20(17)24(22)25-23/h1-12,14,26-27H,13H2. The zero-order valence-electron chi connectivity index (χ0n) is 14.6. The molecule has 1 aromatic heterocycles. The molecule has 3 nitrogen and oxygen atoms in total. The van der Waals surface area contributed by atoms with Crippen LogP contribution < -0.4 is 0 Å². The minimum absolute atomic E-state index is 0.240. The van der Waals surface area contributed by atoms with Gasteiger partial charge in [-0.1, -0.05) is 30.3 Å². The predicted molar refractivity (Wildman–Crippen MR) is 107 cm³/mol. The zero-order chi connectivity index (χ0) is 18.4. The van der Waals surface area contributed by atoms with Crippen LogP contribution in [0, 0.1) is 0 Å². The number of aromatic hydroxyl groups is 2. The summed E-state index contributed by atoms with van der Waals surface area (Å²) in [5.74, 6) is 0.519. The number of fused-ring (bicyclic) bond motifs is 3. The van der Waals surface area contributed by atoms with Crippen LogP contribution in [0.25, 0.3) is 33.6 Å². The van der Waals surface area contributed by atoms with Gasteiger partial charge in [0, 0.05) is 17.5 Å². The third kappa shape index (κ3) is 2.64. The molecule has 0 unspecified atom stereocenters. The minimum Gasteiger partial charge on any atom is -0.508 e. The minimum atomic E-state index is 0.240. The summed E-state index contributed by atoms with van der Waals surface area (Å²) in [6.07, 6.45) is 0.756. The first-order valence-electron chi connectivity index (χ1n) is 8.90. The van der Waals surface area contributed by atoms with Gasteiger partial charge in [0.25, 0.3) is 0 Å². The van der Waals surface area contributed by atoms with Crippen LogP contribution in [-0.4, -0.2) is 15.2 Å². The Morgan fingerprint density at radius 2 is 1.41 bits per heavy atom. The second-order valence-corrected chi connectivity index (χ2v) is 6.81. The van der Waals surface area contributed by atoms with Gasteiger partial charge in [-0.15, -0.1) is 0 Å². The first kappa shape index (κ1) is 15.6. The molecular weight excluding hydrogens is 334 g/mol. The maximum Gasteiger partial charge on any atom is 0.115 e. The fraction of sp³-hybridized carbons (Fsp3) is 0.0417. The van der Waals surface area contributed by atoms with Gasteiger partial charge in [-0.25, -0.2) is 4.98 Å². The van der Waals surface area contributed by atoms with Crippen molar-refractivity contribution in [3.63, 3.8) is 0 Å². The molecule has 1 aliphatic rings. The van der Waals surface area contributed by atoms with E-state index in [2.05, 4.69) is 18.2 Å². The van der Waals surface area contributed by atoms with Crippen LogP contribution in [0.4, 0.5) is 0 Å². The summed E-state index contributed by atoms with van der Waals surface area (Å²) in [4.78, 5) is 4.95. The van der Waals surface area contributed by atoms with Crippen molar-refractivity contribution in [2.24, 2.45) is 0 Å². The maximum atomic E-state index is 9.88. The van der Waals surface area contributed by atoms with Crippen molar-refractivity contribution in [3.8, 4) is 45.1 Å². The molecule has 2 N–H and O–H groups in total. The second-order valence-electron chi connectivity index (χ2n) is 6.81. The van der Waals surface area contributed by atoms with Crippen molar-refractivity contribution >= 4 is 0 Å². The lowest BCUT2D eigenvalue weighted by Gasteiger charge is -2.12. The Hall–Kier alpha value is -3.59. The normalized spacial score (nSPS) is 11.9. The van der Waals surface area contributed by atoms with Crippen LogP contribution in [-0.2, 0) is 6.42 Å². The van der Waals surface area contributed by atoms with Gasteiger partial charge in [0.15, 0.2) is 0 Å². The second kappa shape index (κ2) is 5.99. The number of hydrogen-bond donors (Lipinski definition) is 2. The molecule has 4 aromatic rings. The van der Waals surface area contributed by atoms with Crippen LogP contribution in [0.1, 0.15) is 11.1 Å². The molecule has 3 heteroatoms. The number of aromatic nitrogens is 1. The van der Waals surface area contributed by atoms with Crippen LogP contribution >= 0.6 is 0 Å². The van der Waals surface area contributed by atoms with Crippen molar-refractivity contribution in [1.82, 2.24) is 4.98 Å². The van der Waals surface area contributed by atoms with Crippen molar-refractivity contribution in [1.29, 1.82) is 0 Å². The highest BCUT2D eigenvalue weighted by Crippen LogP contribution is 2.43. The third-order valence-corrected chi connectivity index (χ3v) is 5.08. The average molecular weight is 351 g/mol. The summed E-state index contributed by atoms with van der Waals surface area (Å²) in [6, 6.07) is 25.0. The molecule has 0 spiro atoms. The molecule has 5 rings (SSSR count). The number of nitrogens with zero attached hydrogens (tertiary/aromatic N) is 1. The lowest BCUT2D eigenvalue weighted by atomic mass is 9.96. The van der Waals surface area contributed by atoms with Gasteiger partial charge in [0.05, 0.1) is 11.4 Å². The number of rotatable bonds is 2. The molecule has 0 radical (unpaired) electrons. The van der Waals surface area contributed by atoms with Gasteiger partial charge in [-0.3, -0.25) is 0 Å². The maximum absolute atomic E-state index is 9.88. The Morgan fingerprint density at radius 3 is 2.19 bits per heavy atom. The molecule has 0 saturated heterocycles. The summed E-state index contributed by atoms with van der Waals surface area (Å²) in [5.41, 5.74) is 8.44. The molecule has 1 aliphatic carbocycles. The number of benzene rings is 3. The van der Waals surface area contributed by atoms with Crippen LogP contribution in [0.2, 0.25) is 0 Å². The topological polar surface area (TPSA) is 53.4 Å². The SMILES string of the molecule is Oc1ccc(-c2cc(-c3ccccc3)c3c(n2)-c2ccc(O)cc2C3)cc1. The fourth-order valence-corrected chi connectivity index (χ4v) is 3.78. The quantitative estimate of drug-likeness (QED) is 0.448. The highest BCUT2D eigenvalue weighted by molar-refractivity contribution is 5.85. The third-order valence-electron chi connectivity index (χ3n) is 5.08. The predicted octanol–water partition coefficient (Wildman–Crippen LogP) is 5.40. The largest absolute Gasteiger partial charge is 0.508 e. The smallest absolute Gasteiger partial charge is 0.115 e. The summed E-state index contributed by atoms with van der Waals surface area (Å²) in [6.45, 7) is 0. The van der Waals surface area contributed by atoms with Crippen LogP contribution in [0.15, 0.2) is 78.9 Å². The number of phenols is 2. The van der Waals surface area contributed by atoms with Gasteiger partial charge in [-0.2, -0.15) is 0 Å². The summed E-state index contributed by atoms with van der Waals surface area (Å²) < 4.78 is 0. The van der Waals surface area contributed by atoms with E-state index in [1.165, 1.54) is 5.56 Å². The lowest BCUT2D eigenvalue weighted by Crippen LogP contribution is -1.94. The van der Waals surface area contributed by atoms with Crippen molar-refractivity contribution in [2.75, 3.05) is 0 Å². The number of phenolic OH excluding ortho intramolecular Hbond substituents is 2. The van der Waals surface area contributed by atoms with E-state index in [0.29, 0.717) is 0 Å². The molecule has 3 aromatic carbocycles. The molecule has 0 fully saturated rings. The van der Waals surface area contributed by atoms with Crippen molar-refractivity contribution in [3.05, 3.63) is 90.0 Å². The molecule has 0 saturated carbocycles. The fourth-order valence-electron chi connectivity index (χ4n) is 3.78. The van der Waals surface area contributed by atoms with E-state index < -0.39 is 0 Å². The Kier molecular flexibility index (Phi) is 3.47. The van der Waals surface area contributed by atoms with Gasteiger partial charge in [-0.05, 0) is 70.8 Å². The molecule has 0 aliphatic heterocycles. The van der Waals surface area contributed by atoms with Crippen LogP contribution in [0.3, 0.4) is 0 Å². The Morgan fingerprint density at radius 1 is 0.667 bits per heavy atom. The van der Waals surface area contributed by atoms with E-state index in [9.17, 15) is 10.2 Å². The first-order valence-corrected chi connectivity index (χ1v) is 8.90. The van der Waals surface area contributed by atoms with E-state index in [1.807, 2.05) is 42.5 Å². The van der Waals surface area contributed by atoms with Crippen LogP contribution in [0.5, 0.6) is 11.5 Å². The molecular formula is C24H17NO2. The molecule has 0 bridgehead atoms. The van der Waals surface area contributed by atoms with E-state index in [4.69, 9.17) is 4.98 Å². The Bertz CT molecular complexity index is 1150. The highest BCUT2D eigenvalue weighted by Gasteiger charge is 2.25. The van der Waals surface area contributed by atoms with Crippen molar-refractivity contribution < 1.29 is 10.2 Å². The molecule has 1 heterocycles. The van der Waals surface area contributed by atoms with Gasteiger partial charge in [0.1, 0.15) is 11.5 Å². The van der Waals surface area contributed by atoms with Gasteiger partial charge in [0.2, 0.25) is 0 Å².